The first-order valence-electron chi connectivity index (χ1n) is 8.56. The van der Waals surface area contributed by atoms with E-state index in [1.165, 1.54) is 26.3 Å². The van der Waals surface area contributed by atoms with Gasteiger partial charge in [-0.25, -0.2) is 4.79 Å². The van der Waals surface area contributed by atoms with Gasteiger partial charge < -0.3 is 35.2 Å². The molecule has 0 aromatic heterocycles. The van der Waals surface area contributed by atoms with Crippen molar-refractivity contribution in [2.75, 3.05) is 26.8 Å². The Labute approximate surface area is 143 Å². The van der Waals surface area contributed by atoms with Gasteiger partial charge >= 0.3 is 6.09 Å². The van der Waals surface area contributed by atoms with Crippen LogP contribution in [0, 0.1) is 0 Å². The monoisotopic (exact) mass is 351 g/mol. The standard InChI is InChI=1S/C16H33NO7/c1-3-4-5-6-7-8-9-24-16(23)17(2)10-12(19)14(21)15(22)13(20)11-18/h12-15,18-22H,3-11H2,1-2H3/t12-,13+,14+,15+/m0/s1. The van der Waals surface area contributed by atoms with Crippen molar-refractivity contribution in [1.82, 2.24) is 4.90 Å². The van der Waals surface area contributed by atoms with Crippen molar-refractivity contribution in [3.05, 3.63) is 0 Å². The molecule has 0 aliphatic rings. The molecule has 24 heavy (non-hydrogen) atoms. The number of carbonyl (C=O) groups excluding carboxylic acids is 1. The number of likely N-dealkylation sites (N-methyl/N-ethyl adjacent to an activating group) is 1. The zero-order valence-electron chi connectivity index (χ0n) is 14.7. The highest BCUT2D eigenvalue weighted by Crippen LogP contribution is 2.08. The van der Waals surface area contributed by atoms with E-state index >= 15 is 0 Å². The molecule has 0 aromatic carbocycles. The van der Waals surface area contributed by atoms with E-state index < -0.39 is 37.1 Å². The molecule has 4 atom stereocenters. The lowest BCUT2D eigenvalue weighted by Crippen LogP contribution is -2.50. The number of carbonyl (C=O) groups is 1. The Balaban J connectivity index is 3.99. The largest absolute Gasteiger partial charge is 0.449 e. The van der Waals surface area contributed by atoms with Crippen LogP contribution in [0.15, 0.2) is 0 Å². The average molecular weight is 351 g/mol. The maximum atomic E-state index is 11.8. The van der Waals surface area contributed by atoms with Gasteiger partial charge in [0.25, 0.3) is 0 Å². The molecule has 8 heteroatoms. The Morgan fingerprint density at radius 2 is 1.50 bits per heavy atom. The van der Waals surface area contributed by atoms with Crippen molar-refractivity contribution in [2.45, 2.75) is 69.9 Å². The van der Waals surface area contributed by atoms with E-state index in [2.05, 4.69) is 6.92 Å². The number of hydrogen-bond donors (Lipinski definition) is 5. The third-order valence-corrected chi connectivity index (χ3v) is 3.82. The van der Waals surface area contributed by atoms with Crippen LogP contribution in [0.3, 0.4) is 0 Å². The van der Waals surface area contributed by atoms with Crippen molar-refractivity contribution >= 4 is 6.09 Å². The summed E-state index contributed by atoms with van der Waals surface area (Å²) < 4.78 is 5.06. The van der Waals surface area contributed by atoms with Crippen LogP contribution in [0.4, 0.5) is 4.79 Å². The molecule has 0 radical (unpaired) electrons. The van der Waals surface area contributed by atoms with Gasteiger partial charge in [0.2, 0.25) is 0 Å². The summed E-state index contributed by atoms with van der Waals surface area (Å²) in [5.74, 6) is 0. The minimum Gasteiger partial charge on any atom is -0.449 e. The highest BCUT2D eigenvalue weighted by molar-refractivity contribution is 5.67. The van der Waals surface area contributed by atoms with Crippen LogP contribution in [0.5, 0.6) is 0 Å². The predicted molar refractivity (Wildman–Crippen MR) is 88.5 cm³/mol. The molecule has 0 aliphatic carbocycles. The first kappa shape index (κ1) is 23.1. The van der Waals surface area contributed by atoms with Gasteiger partial charge in [0, 0.05) is 7.05 Å². The fourth-order valence-corrected chi connectivity index (χ4v) is 2.18. The van der Waals surface area contributed by atoms with Gasteiger partial charge in [0.05, 0.1) is 19.8 Å². The average Bonchev–Trinajstić information content (AvgIpc) is 2.58. The molecule has 0 fully saturated rings. The van der Waals surface area contributed by atoms with E-state index in [1.54, 1.807) is 0 Å². The Bertz CT molecular complexity index is 330. The molecule has 0 aliphatic heterocycles. The highest BCUT2D eigenvalue weighted by Gasteiger charge is 2.31. The SMILES string of the molecule is CCCCCCCCOC(=O)N(C)C[C@H](O)[C@@H](O)[C@H](O)[C@H](O)CO. The molecule has 0 saturated carbocycles. The minimum absolute atomic E-state index is 0.272. The maximum absolute atomic E-state index is 11.8. The lowest BCUT2D eigenvalue weighted by molar-refractivity contribution is -0.117. The van der Waals surface area contributed by atoms with Crippen molar-refractivity contribution in [3.63, 3.8) is 0 Å². The summed E-state index contributed by atoms with van der Waals surface area (Å²) >= 11 is 0. The summed E-state index contributed by atoms with van der Waals surface area (Å²) in [6.07, 6.45) is -0.650. The molecule has 0 spiro atoms. The molecule has 0 heterocycles. The second kappa shape index (κ2) is 13.4. The third-order valence-electron chi connectivity index (χ3n) is 3.82. The third kappa shape index (κ3) is 9.39. The van der Waals surface area contributed by atoms with Gasteiger partial charge in [-0.15, -0.1) is 0 Å². The van der Waals surface area contributed by atoms with Gasteiger partial charge in [0.15, 0.2) is 0 Å². The first-order chi connectivity index (χ1) is 11.3. The van der Waals surface area contributed by atoms with Crippen molar-refractivity contribution < 1.29 is 35.1 Å². The molecule has 0 unspecified atom stereocenters. The number of unbranched alkanes of at least 4 members (excludes halogenated alkanes) is 5. The van der Waals surface area contributed by atoms with Crippen LogP contribution < -0.4 is 0 Å². The summed E-state index contributed by atoms with van der Waals surface area (Å²) in [6.45, 7) is 1.42. The second-order valence-corrected chi connectivity index (χ2v) is 6.06. The van der Waals surface area contributed by atoms with Gasteiger partial charge in [-0.1, -0.05) is 39.0 Å². The fraction of sp³-hybridized carbons (Fsp3) is 0.938. The Hall–Kier alpha value is -0.930. The molecule has 0 aromatic rings. The fourth-order valence-electron chi connectivity index (χ4n) is 2.18. The molecule has 0 rings (SSSR count). The molecular weight excluding hydrogens is 318 g/mol. The van der Waals surface area contributed by atoms with Gasteiger partial charge in [-0.3, -0.25) is 0 Å². The summed E-state index contributed by atoms with van der Waals surface area (Å²) in [5.41, 5.74) is 0. The zero-order valence-corrected chi connectivity index (χ0v) is 14.7. The van der Waals surface area contributed by atoms with Gasteiger partial charge in [-0.2, -0.15) is 0 Å². The summed E-state index contributed by atoms with van der Waals surface area (Å²) in [5, 5.41) is 46.9. The van der Waals surface area contributed by atoms with Crippen LogP contribution in [0.2, 0.25) is 0 Å². The van der Waals surface area contributed by atoms with E-state index in [4.69, 9.17) is 9.84 Å². The molecule has 144 valence electrons. The van der Waals surface area contributed by atoms with E-state index in [-0.39, 0.29) is 6.54 Å². The lowest BCUT2D eigenvalue weighted by Gasteiger charge is -2.28. The normalized spacial score (nSPS) is 16.3. The molecule has 5 N–H and O–H groups in total. The lowest BCUT2D eigenvalue weighted by atomic mass is 10.0. The first-order valence-corrected chi connectivity index (χ1v) is 8.56. The zero-order chi connectivity index (χ0) is 18.5. The van der Waals surface area contributed by atoms with Crippen LogP contribution in [0.25, 0.3) is 0 Å². The Morgan fingerprint density at radius 1 is 0.958 bits per heavy atom. The highest BCUT2D eigenvalue weighted by atomic mass is 16.6. The number of ether oxygens (including phenoxy) is 1. The van der Waals surface area contributed by atoms with Crippen molar-refractivity contribution in [2.24, 2.45) is 0 Å². The Morgan fingerprint density at radius 3 is 2.08 bits per heavy atom. The number of aliphatic hydroxyl groups excluding tert-OH is 5. The van der Waals surface area contributed by atoms with E-state index in [9.17, 15) is 25.2 Å². The van der Waals surface area contributed by atoms with E-state index in [0.717, 1.165) is 24.2 Å². The van der Waals surface area contributed by atoms with Crippen LogP contribution in [0.1, 0.15) is 45.4 Å². The molecular formula is C16H33NO7. The van der Waals surface area contributed by atoms with Gasteiger partial charge in [-0.05, 0) is 6.42 Å². The molecule has 0 saturated heterocycles. The maximum Gasteiger partial charge on any atom is 0.409 e. The van der Waals surface area contributed by atoms with Crippen molar-refractivity contribution in [1.29, 1.82) is 0 Å². The minimum atomic E-state index is -1.71. The van der Waals surface area contributed by atoms with E-state index in [0.29, 0.717) is 6.61 Å². The number of hydrogen-bond acceptors (Lipinski definition) is 7. The number of amides is 1. The summed E-state index contributed by atoms with van der Waals surface area (Å²) in [7, 11) is 1.40. The van der Waals surface area contributed by atoms with Crippen LogP contribution in [-0.2, 0) is 4.74 Å². The second-order valence-electron chi connectivity index (χ2n) is 6.06. The predicted octanol–water partition coefficient (Wildman–Crippen LogP) is -0.149. The van der Waals surface area contributed by atoms with Crippen LogP contribution in [-0.4, -0.2) is 87.7 Å². The quantitative estimate of drug-likeness (QED) is 0.292. The number of rotatable bonds is 13. The molecule has 0 bridgehead atoms. The van der Waals surface area contributed by atoms with E-state index in [1.807, 2.05) is 0 Å². The molecule has 8 nitrogen and oxygen atoms in total. The Kier molecular flexibility index (Phi) is 12.9. The molecule has 1 amide bonds. The van der Waals surface area contributed by atoms with Gasteiger partial charge in [0.1, 0.15) is 24.4 Å². The topological polar surface area (TPSA) is 131 Å². The summed E-state index contributed by atoms with van der Waals surface area (Å²) in [4.78, 5) is 12.8. The number of aliphatic hydroxyl groups is 5. The number of nitrogens with zero attached hydrogens (tertiary/aromatic N) is 1. The van der Waals surface area contributed by atoms with Crippen molar-refractivity contribution in [3.8, 4) is 0 Å². The smallest absolute Gasteiger partial charge is 0.409 e. The summed E-state index contributed by atoms with van der Waals surface area (Å²) in [6, 6.07) is 0. The van der Waals surface area contributed by atoms with Crippen LogP contribution >= 0.6 is 0 Å².